The molecule has 0 saturated carbocycles. The highest BCUT2D eigenvalue weighted by Crippen LogP contribution is 2.17. The van der Waals surface area contributed by atoms with E-state index in [2.05, 4.69) is 67.6 Å². The van der Waals surface area contributed by atoms with Crippen LogP contribution < -0.4 is 37.8 Å². The van der Waals surface area contributed by atoms with Gasteiger partial charge >= 0.3 is 57.2 Å². The van der Waals surface area contributed by atoms with E-state index in [1.54, 1.807) is 46.5 Å². The predicted octanol–water partition coefficient (Wildman–Crippen LogP) is 9.39. The highest BCUT2D eigenvalue weighted by molar-refractivity contribution is 8.10. The summed E-state index contributed by atoms with van der Waals surface area (Å²) in [5.41, 5.74) is -3.21. The Morgan fingerprint density at radius 3 is 1.31 bits per heavy atom. The quantitative estimate of drug-likeness (QED) is 0.00378. The molecule has 1 aromatic rings. The molecule has 0 radical (unpaired) electrons. The Labute approximate surface area is 592 Å². The number of imide groups is 1. The van der Waals surface area contributed by atoms with Crippen LogP contribution in [0, 0.1) is 5.82 Å². The number of nitrogens with one attached hydrogen (secondary N) is 6. The topological polar surface area (TPSA) is 436 Å². The number of carbonyl (C=O) groups excluding carboxylic acids is 7. The van der Waals surface area contributed by atoms with E-state index >= 15 is 0 Å². The lowest BCUT2D eigenvalue weighted by atomic mass is 10.1. The standard InChI is InChI=1S/C16H26FN3O6.C16H36N.C12H22ClNO4.C11H21NO4.C4H3FN2O2.CH2Cl2O3S.H2O4S/c1-16(2,3)26-15(24)18-8-6-4-5-7-12(21)25-10-20-9-11(17)13(22)19-14(20)23;1-5-9-13-17(14-10-6-2,15-11-7-3)16-12-8-4;1-12(2,3)18-11(16)14-8-6-4-5-7-10(15)17-9-13;1-11(2,3)16-10(15)12-8-6-4-5-7-9(13)14;5-2-1-6-4(9)7-3(2)8;2-1-6-7(3,4)5;1-4-5(2)3/h11H,4-10H2,1-3H3,(H,18,24)(H,19,22,23);5-16H2,1-4H3;4-9H2,1-3H3,(H,14,16);4-8H2,1-3H3,(H,12,15)(H,13,14);1H,(H2,6,7,8,9);1H2;1H,(H,2,3)/q;+1;;;;;/p-2. The Bertz CT molecular complexity index is 2580. The maximum atomic E-state index is 13.2. The molecule has 98 heavy (non-hydrogen) atoms. The third-order valence-corrected chi connectivity index (χ3v) is 13.1. The molecule has 1 fully saturated rings. The fraction of sp³-hybridized carbons (Fsp3) is 0.800. The third kappa shape index (κ3) is 73.2. The number of quaternary nitrogens is 1. The molecule has 0 bridgehead atoms. The molecule has 31 nitrogen and oxygen atoms in total. The Kier molecular flexibility index (Phi) is 62.2. The minimum atomic E-state index is -3.83. The highest BCUT2D eigenvalue weighted by atomic mass is 35.7. The molecule has 0 aromatic carbocycles. The van der Waals surface area contributed by atoms with Crippen molar-refractivity contribution in [2.24, 2.45) is 0 Å². The number of alkyl halides is 3. The first-order valence-corrected chi connectivity index (χ1v) is 36.4. The lowest BCUT2D eigenvalue weighted by Crippen LogP contribution is -2.56. The van der Waals surface area contributed by atoms with Crippen molar-refractivity contribution < 1.29 is 111 Å². The maximum Gasteiger partial charge on any atom is 0.407 e. The highest BCUT2D eigenvalue weighted by Gasteiger charge is 2.33. The van der Waals surface area contributed by atoms with Crippen molar-refractivity contribution in [1.82, 2.24) is 36.1 Å². The van der Waals surface area contributed by atoms with Crippen molar-refractivity contribution >= 4 is 103 Å². The largest absolute Gasteiger partial charge is 0.750 e. The van der Waals surface area contributed by atoms with Gasteiger partial charge in [0.2, 0.25) is 5.82 Å². The molecule has 2 heterocycles. The van der Waals surface area contributed by atoms with E-state index in [0.717, 1.165) is 37.0 Å². The molecule has 7 N–H and O–H groups in total. The number of rotatable bonds is 36. The van der Waals surface area contributed by atoms with Crippen LogP contribution in [0.15, 0.2) is 15.8 Å². The molecular weight excluding hydrogens is 1410 g/mol. The average molecular weight is 1520 g/mol. The number of unbranched alkanes of at least 4 members (excludes halogenated alkanes) is 10. The zero-order valence-electron chi connectivity index (χ0n) is 59.1. The van der Waals surface area contributed by atoms with Crippen LogP contribution >= 0.6 is 33.9 Å². The van der Waals surface area contributed by atoms with E-state index in [1.807, 2.05) is 31.1 Å². The van der Waals surface area contributed by atoms with Gasteiger partial charge in [0.1, 0.15) is 22.9 Å². The molecule has 576 valence electrons. The minimum Gasteiger partial charge on any atom is -0.750 e. The van der Waals surface area contributed by atoms with Gasteiger partial charge in [0, 0.05) is 55.8 Å². The fourth-order valence-corrected chi connectivity index (χ4v) is 8.26. The number of hydrogen-bond acceptors (Lipinski definition) is 22. The van der Waals surface area contributed by atoms with Crippen molar-refractivity contribution in [3.05, 3.63) is 32.9 Å². The number of carboxylic acids is 1. The van der Waals surface area contributed by atoms with Crippen LogP contribution in [0.1, 0.15) is 218 Å². The first-order valence-electron chi connectivity index (χ1n) is 32.1. The Balaban J connectivity index is -0.000000361. The first-order chi connectivity index (χ1) is 45.5. The van der Waals surface area contributed by atoms with Crippen LogP contribution in [-0.4, -0.2) is 184 Å². The van der Waals surface area contributed by atoms with Crippen LogP contribution in [0.4, 0.5) is 28.0 Å². The summed E-state index contributed by atoms with van der Waals surface area (Å²) in [6.45, 7) is 31.9. The number of amides is 6. The van der Waals surface area contributed by atoms with E-state index < -0.39 is 122 Å². The zero-order chi connectivity index (χ0) is 76.4. The van der Waals surface area contributed by atoms with Crippen molar-refractivity contribution in [1.29, 1.82) is 0 Å². The summed E-state index contributed by atoms with van der Waals surface area (Å²) >= 11 is 7.16. The number of aliphatic carboxylic acids is 1. The van der Waals surface area contributed by atoms with Crippen molar-refractivity contribution in [3.63, 3.8) is 0 Å². The second-order valence-electron chi connectivity index (χ2n) is 24.3. The van der Waals surface area contributed by atoms with Gasteiger partial charge in [-0.05, 0) is 127 Å². The van der Waals surface area contributed by atoms with Gasteiger partial charge < -0.3 is 68.4 Å². The van der Waals surface area contributed by atoms with E-state index in [-0.39, 0.29) is 24.9 Å². The van der Waals surface area contributed by atoms with E-state index in [1.165, 1.54) is 82.0 Å². The lowest BCUT2D eigenvalue weighted by molar-refractivity contribution is -0.929. The molecule has 0 spiro atoms. The number of hydrogen-bond donors (Lipinski definition) is 7. The molecule has 38 heteroatoms. The van der Waals surface area contributed by atoms with E-state index in [9.17, 15) is 65.1 Å². The molecule has 1 aliphatic heterocycles. The molecule has 1 aromatic heterocycles. The van der Waals surface area contributed by atoms with Crippen LogP contribution in [-0.2, 0) is 72.1 Å². The third-order valence-electron chi connectivity index (χ3n) is 11.9. The smallest absolute Gasteiger partial charge is 0.407 e. The van der Waals surface area contributed by atoms with Crippen LogP contribution in [0.25, 0.3) is 0 Å². The Hall–Kier alpha value is -5.53. The molecule has 6 amide bonds. The van der Waals surface area contributed by atoms with Gasteiger partial charge in [0.15, 0.2) is 19.0 Å². The summed E-state index contributed by atoms with van der Waals surface area (Å²) in [6.07, 6.45) is 15.8. The maximum absolute atomic E-state index is 13.2. The first kappa shape index (κ1) is 101. The number of halogens is 5. The lowest BCUT2D eigenvalue weighted by Gasteiger charge is -2.39. The van der Waals surface area contributed by atoms with Crippen LogP contribution in [0.3, 0.4) is 0 Å². The van der Waals surface area contributed by atoms with Gasteiger partial charge in [-0.1, -0.05) is 95.8 Å². The monoisotopic (exact) mass is 1520 g/mol. The van der Waals surface area contributed by atoms with Crippen LogP contribution in [0.5, 0.6) is 0 Å². The SMILES string of the molecule is CC(C)(C)OC(=O)NCCCCCC(=O)O.CC(C)(C)OC(=O)NCCCCCC(=O)OCCl.CC(C)(C)OC(=O)NCCCCCC(=O)OCN1CC(F)C(=O)NC1=O.CCCC[N+](CCCC)(CCCC)CCCC.O=S(=O)(Cl)OCCl.O=S([O-])O[O-].O=c1[nH]cc(F)c(=O)[nH]1. The zero-order valence-corrected chi connectivity index (χ0v) is 63.0. The van der Waals surface area contributed by atoms with Crippen molar-refractivity contribution in [3.8, 4) is 0 Å². The average Bonchev–Trinajstić information content (AvgIpc) is 0.883. The number of aromatic amines is 2. The molecule has 1 saturated heterocycles. The normalized spacial score (nSPS) is 13.0. The van der Waals surface area contributed by atoms with Gasteiger partial charge in [-0.2, -0.15) is 12.8 Å². The number of nitrogens with zero attached hydrogens (tertiary/aromatic N) is 2. The van der Waals surface area contributed by atoms with E-state index in [4.69, 9.17) is 61.3 Å². The number of H-pyrrole nitrogens is 2. The van der Waals surface area contributed by atoms with Crippen LogP contribution in [0.2, 0.25) is 0 Å². The summed E-state index contributed by atoms with van der Waals surface area (Å²) in [6, 6.07) is -1.32. The number of carbonyl (C=O) groups is 8. The molecule has 2 atom stereocenters. The second-order valence-corrected chi connectivity index (χ2v) is 27.5. The van der Waals surface area contributed by atoms with Gasteiger partial charge in [0.25, 0.3) is 11.5 Å². The fourth-order valence-electron chi connectivity index (χ4n) is 7.41. The van der Waals surface area contributed by atoms with Gasteiger partial charge in [0.05, 0.1) is 44.1 Å². The summed E-state index contributed by atoms with van der Waals surface area (Å²) in [5, 5.41) is 26.6. The predicted molar refractivity (Wildman–Crippen MR) is 362 cm³/mol. The Morgan fingerprint density at radius 1 is 0.653 bits per heavy atom. The molecular formula is C60H110Cl3F2N8O23S2-. The van der Waals surface area contributed by atoms with Crippen molar-refractivity contribution in [2.75, 3.05) is 71.2 Å². The number of esters is 2. The summed E-state index contributed by atoms with van der Waals surface area (Å²) in [7, 11) is 0.665. The summed E-state index contributed by atoms with van der Waals surface area (Å²) in [4.78, 5) is 114. The van der Waals surface area contributed by atoms with Crippen molar-refractivity contribution in [2.45, 2.75) is 241 Å². The molecule has 1 aliphatic rings. The number of ether oxygens (including phenoxy) is 5. The number of alkyl carbamates (subject to hydrolysis) is 3. The second kappa shape index (κ2) is 60.3. The molecule has 2 rings (SSSR count). The van der Waals surface area contributed by atoms with E-state index in [0.29, 0.717) is 57.9 Å². The number of urea groups is 1. The summed E-state index contributed by atoms with van der Waals surface area (Å²) in [5.74, 6) is -3.57. The van der Waals surface area contributed by atoms with Gasteiger partial charge in [-0.25, -0.2) is 36.8 Å². The number of aromatic nitrogens is 2. The minimum absolute atomic E-state index is 0.0982. The molecule has 2 unspecified atom stereocenters. The number of carboxylic acid groups (broad SMARTS) is 1. The van der Waals surface area contributed by atoms with Gasteiger partial charge in [-0.3, -0.25) is 39.2 Å². The van der Waals surface area contributed by atoms with Gasteiger partial charge in [-0.15, -0.1) is 0 Å². The Morgan fingerprint density at radius 2 is 1.02 bits per heavy atom. The summed E-state index contributed by atoms with van der Waals surface area (Å²) < 4.78 is 94.5. The molecule has 0 aliphatic carbocycles.